The lowest BCUT2D eigenvalue weighted by molar-refractivity contribution is -0.136. The zero-order valence-electron chi connectivity index (χ0n) is 9.82. The van der Waals surface area contributed by atoms with Crippen LogP contribution in [0.15, 0.2) is 0 Å². The largest absolute Gasteiger partial charge is 0.481 e. The summed E-state index contributed by atoms with van der Waals surface area (Å²) in [6, 6.07) is 0. The summed E-state index contributed by atoms with van der Waals surface area (Å²) < 4.78 is 5.55. The van der Waals surface area contributed by atoms with Crippen LogP contribution in [0, 0.1) is 6.92 Å². The zero-order chi connectivity index (χ0) is 12.1. The highest BCUT2D eigenvalue weighted by Gasteiger charge is 2.17. The molecule has 0 bridgehead atoms. The normalized spacial score (nSPS) is 12.7. The highest BCUT2D eigenvalue weighted by Crippen LogP contribution is 2.28. The molecular formula is C11H17NO3S. The molecule has 1 heterocycles. The van der Waals surface area contributed by atoms with E-state index >= 15 is 0 Å². The van der Waals surface area contributed by atoms with Gasteiger partial charge in [0.25, 0.3) is 0 Å². The van der Waals surface area contributed by atoms with Crippen LogP contribution in [0.4, 0.5) is 0 Å². The fourth-order valence-electron chi connectivity index (χ4n) is 1.45. The van der Waals surface area contributed by atoms with Gasteiger partial charge in [-0.05, 0) is 20.3 Å². The van der Waals surface area contributed by atoms with Crippen molar-refractivity contribution in [3.05, 3.63) is 15.6 Å². The van der Waals surface area contributed by atoms with E-state index < -0.39 is 5.97 Å². The van der Waals surface area contributed by atoms with Gasteiger partial charge in [-0.15, -0.1) is 11.3 Å². The first kappa shape index (κ1) is 13.1. The van der Waals surface area contributed by atoms with Crippen LogP contribution in [0.1, 0.15) is 42.0 Å². The van der Waals surface area contributed by atoms with E-state index in [1.54, 1.807) is 0 Å². The molecule has 16 heavy (non-hydrogen) atoms. The molecule has 4 nitrogen and oxygen atoms in total. The van der Waals surface area contributed by atoms with E-state index in [2.05, 4.69) is 4.98 Å². The molecule has 1 unspecified atom stereocenters. The minimum Gasteiger partial charge on any atom is -0.481 e. The number of carboxylic acid groups (broad SMARTS) is 1. The topological polar surface area (TPSA) is 59.4 Å². The van der Waals surface area contributed by atoms with Gasteiger partial charge in [-0.1, -0.05) is 6.92 Å². The molecule has 90 valence electrons. The maximum Gasteiger partial charge on any atom is 0.308 e. The quantitative estimate of drug-likeness (QED) is 0.834. The maximum atomic E-state index is 10.6. The summed E-state index contributed by atoms with van der Waals surface area (Å²) >= 11 is 1.44. The van der Waals surface area contributed by atoms with Crippen molar-refractivity contribution in [2.24, 2.45) is 0 Å². The van der Waals surface area contributed by atoms with E-state index in [1.807, 2.05) is 20.8 Å². The van der Waals surface area contributed by atoms with E-state index in [4.69, 9.17) is 9.84 Å². The Morgan fingerprint density at radius 3 is 2.75 bits per heavy atom. The molecule has 0 saturated carbocycles. The molecule has 0 saturated heterocycles. The van der Waals surface area contributed by atoms with Crippen molar-refractivity contribution in [3.8, 4) is 0 Å². The van der Waals surface area contributed by atoms with Crippen molar-refractivity contribution in [1.29, 1.82) is 0 Å². The summed E-state index contributed by atoms with van der Waals surface area (Å²) in [7, 11) is 0. The number of aliphatic carboxylic acids is 1. The number of carbonyl (C=O) groups is 1. The summed E-state index contributed by atoms with van der Waals surface area (Å²) in [4.78, 5) is 15.8. The average molecular weight is 243 g/mol. The third kappa shape index (κ3) is 3.28. The number of ether oxygens (including phenoxy) is 1. The van der Waals surface area contributed by atoms with Crippen molar-refractivity contribution >= 4 is 17.3 Å². The fourth-order valence-corrected chi connectivity index (χ4v) is 2.64. The Hall–Kier alpha value is -0.940. The van der Waals surface area contributed by atoms with Gasteiger partial charge in [0, 0.05) is 11.5 Å². The van der Waals surface area contributed by atoms with Crippen molar-refractivity contribution < 1.29 is 14.6 Å². The standard InChI is InChI=1S/C11H17NO3S/c1-4-8(15-5-2)11-12-7(3)9(16-11)6-10(13)14/h8H,4-6H2,1-3H3,(H,13,14). The van der Waals surface area contributed by atoms with Crippen LogP contribution in [-0.4, -0.2) is 22.7 Å². The highest BCUT2D eigenvalue weighted by atomic mass is 32.1. The van der Waals surface area contributed by atoms with Gasteiger partial charge >= 0.3 is 5.97 Å². The summed E-state index contributed by atoms with van der Waals surface area (Å²) in [5.74, 6) is -0.817. The molecule has 0 aliphatic rings. The lowest BCUT2D eigenvalue weighted by Gasteiger charge is -2.10. The second-order valence-corrected chi connectivity index (χ2v) is 4.60. The maximum absolute atomic E-state index is 10.6. The summed E-state index contributed by atoms with van der Waals surface area (Å²) in [5.41, 5.74) is 0.806. The van der Waals surface area contributed by atoms with Crippen molar-refractivity contribution in [2.75, 3.05) is 6.61 Å². The number of carboxylic acids is 1. The van der Waals surface area contributed by atoms with E-state index in [1.165, 1.54) is 11.3 Å². The minimum absolute atomic E-state index is 0.00348. The molecule has 0 aromatic carbocycles. The predicted molar refractivity (Wildman–Crippen MR) is 62.8 cm³/mol. The number of aromatic nitrogens is 1. The van der Waals surface area contributed by atoms with Gasteiger partial charge < -0.3 is 9.84 Å². The van der Waals surface area contributed by atoms with Crippen molar-refractivity contribution in [3.63, 3.8) is 0 Å². The van der Waals surface area contributed by atoms with Gasteiger partial charge in [0.15, 0.2) is 0 Å². The van der Waals surface area contributed by atoms with Gasteiger partial charge in [0.2, 0.25) is 0 Å². The molecular weight excluding hydrogens is 226 g/mol. The molecule has 0 aliphatic carbocycles. The number of thiazole rings is 1. The van der Waals surface area contributed by atoms with Gasteiger partial charge in [-0.3, -0.25) is 4.79 Å². The first-order valence-electron chi connectivity index (χ1n) is 5.38. The molecule has 1 aromatic rings. The minimum atomic E-state index is -0.817. The molecule has 0 spiro atoms. The van der Waals surface area contributed by atoms with E-state index in [9.17, 15) is 4.79 Å². The summed E-state index contributed by atoms with van der Waals surface area (Å²) in [6.45, 7) is 6.47. The average Bonchev–Trinajstić information content (AvgIpc) is 2.56. The Bertz CT molecular complexity index is 362. The predicted octanol–water partition coefficient (Wildman–Crippen LogP) is 2.57. The van der Waals surface area contributed by atoms with Gasteiger partial charge in [-0.2, -0.15) is 0 Å². The number of rotatable bonds is 6. The number of hydrogen-bond donors (Lipinski definition) is 1. The molecule has 0 aliphatic heterocycles. The van der Waals surface area contributed by atoms with Crippen molar-refractivity contribution in [2.45, 2.75) is 39.7 Å². The van der Waals surface area contributed by atoms with Crippen LogP contribution in [0.2, 0.25) is 0 Å². The van der Waals surface area contributed by atoms with Crippen LogP contribution >= 0.6 is 11.3 Å². The molecule has 1 aromatic heterocycles. The van der Waals surface area contributed by atoms with Gasteiger partial charge in [0.05, 0.1) is 12.1 Å². The van der Waals surface area contributed by atoms with Gasteiger partial charge in [0.1, 0.15) is 11.1 Å². The summed E-state index contributed by atoms with van der Waals surface area (Å²) in [5, 5.41) is 9.63. The first-order valence-corrected chi connectivity index (χ1v) is 6.19. The van der Waals surface area contributed by atoms with Crippen LogP contribution in [0.25, 0.3) is 0 Å². The van der Waals surface area contributed by atoms with E-state index in [0.29, 0.717) is 6.61 Å². The number of aryl methyl sites for hydroxylation is 1. The highest BCUT2D eigenvalue weighted by molar-refractivity contribution is 7.11. The molecule has 0 radical (unpaired) electrons. The Balaban J connectivity index is 2.85. The molecule has 5 heteroatoms. The Morgan fingerprint density at radius 1 is 1.56 bits per heavy atom. The first-order chi connectivity index (χ1) is 7.58. The fraction of sp³-hybridized carbons (Fsp3) is 0.636. The Labute approximate surface area is 99.3 Å². The SMILES string of the molecule is CCOC(CC)c1nc(C)c(CC(=O)O)s1. The molecule has 1 N–H and O–H groups in total. The number of nitrogens with zero attached hydrogens (tertiary/aromatic N) is 1. The lowest BCUT2D eigenvalue weighted by Crippen LogP contribution is -2.02. The van der Waals surface area contributed by atoms with Crippen LogP contribution in [-0.2, 0) is 16.0 Å². The smallest absolute Gasteiger partial charge is 0.308 e. The molecule has 0 fully saturated rings. The van der Waals surface area contributed by atoms with Crippen molar-refractivity contribution in [1.82, 2.24) is 4.98 Å². The summed E-state index contributed by atoms with van der Waals surface area (Å²) in [6.07, 6.45) is 0.899. The monoisotopic (exact) mass is 243 g/mol. The van der Waals surface area contributed by atoms with Crippen LogP contribution in [0.3, 0.4) is 0 Å². The molecule has 1 atom stereocenters. The Morgan fingerprint density at radius 2 is 2.25 bits per heavy atom. The third-order valence-corrected chi connectivity index (χ3v) is 3.48. The van der Waals surface area contributed by atoms with Gasteiger partial charge in [-0.25, -0.2) is 4.98 Å². The third-order valence-electron chi connectivity index (χ3n) is 2.24. The Kier molecular flexibility index (Phi) is 4.89. The zero-order valence-corrected chi connectivity index (χ0v) is 10.6. The number of hydrogen-bond acceptors (Lipinski definition) is 4. The van der Waals surface area contributed by atoms with E-state index in [-0.39, 0.29) is 12.5 Å². The van der Waals surface area contributed by atoms with Crippen LogP contribution < -0.4 is 0 Å². The van der Waals surface area contributed by atoms with E-state index in [0.717, 1.165) is 22.0 Å². The second-order valence-electron chi connectivity index (χ2n) is 3.48. The molecule has 0 amide bonds. The van der Waals surface area contributed by atoms with Crippen LogP contribution in [0.5, 0.6) is 0 Å². The molecule has 1 rings (SSSR count). The second kappa shape index (κ2) is 5.96. The lowest BCUT2D eigenvalue weighted by atomic mass is 10.3.